The van der Waals surface area contributed by atoms with Crippen molar-refractivity contribution < 1.29 is 19.2 Å². The number of carbonyl (C=O) groups is 4. The van der Waals surface area contributed by atoms with E-state index >= 15 is 0 Å². The van der Waals surface area contributed by atoms with Crippen molar-refractivity contribution in [3.05, 3.63) is 77.0 Å². The zero-order valence-corrected chi connectivity index (χ0v) is 16.1. The Kier molecular flexibility index (Phi) is 4.97. The second kappa shape index (κ2) is 7.75. The summed E-state index contributed by atoms with van der Waals surface area (Å²) in [7, 11) is 0. The minimum absolute atomic E-state index is 0.0820. The van der Waals surface area contributed by atoms with Gasteiger partial charge in [-0.1, -0.05) is 35.9 Å². The molecule has 2 N–H and O–H groups in total. The van der Waals surface area contributed by atoms with Crippen LogP contribution >= 0.6 is 0 Å². The van der Waals surface area contributed by atoms with Crippen LogP contribution in [-0.2, 0) is 4.79 Å². The Bertz CT molecular complexity index is 1200. The number of hydrogen-bond acceptors (Lipinski definition) is 5. The van der Waals surface area contributed by atoms with Gasteiger partial charge >= 0.3 is 0 Å². The molecule has 30 heavy (non-hydrogen) atoms. The third-order valence-corrected chi connectivity index (χ3v) is 4.84. The lowest BCUT2D eigenvalue weighted by Gasteiger charge is -2.13. The summed E-state index contributed by atoms with van der Waals surface area (Å²) >= 11 is 0. The predicted octanol–water partition coefficient (Wildman–Crippen LogP) is 1.99. The zero-order chi connectivity index (χ0) is 21.3. The molecule has 1 aliphatic rings. The number of aryl methyl sites for hydroxylation is 1. The second-order valence-electron chi connectivity index (χ2n) is 6.95. The number of fused-ring (bicyclic) bond motifs is 2. The normalized spacial score (nSPS) is 12.8. The lowest BCUT2D eigenvalue weighted by atomic mass is 10.1. The van der Waals surface area contributed by atoms with E-state index in [1.54, 1.807) is 36.4 Å². The summed E-state index contributed by atoms with van der Waals surface area (Å²) in [5, 5.41) is 0.897. The first-order valence-electron chi connectivity index (χ1n) is 9.36. The van der Waals surface area contributed by atoms with Gasteiger partial charge in [0.2, 0.25) is 5.91 Å². The highest BCUT2D eigenvalue weighted by Crippen LogP contribution is 2.23. The number of pyridine rings is 1. The van der Waals surface area contributed by atoms with E-state index in [2.05, 4.69) is 15.8 Å². The summed E-state index contributed by atoms with van der Waals surface area (Å²) in [5.41, 5.74) is 6.96. The highest BCUT2D eigenvalue weighted by atomic mass is 16.2. The number of nitrogens with one attached hydrogen (secondary N) is 2. The maximum atomic E-state index is 12.4. The maximum absolute atomic E-state index is 12.4. The predicted molar refractivity (Wildman–Crippen MR) is 109 cm³/mol. The SMILES string of the molecule is Cc1ccc2c(c1)C(=O)N(CCC(=O)NNC(=O)c1ccc3ccccc3n1)C2=O. The minimum Gasteiger partial charge on any atom is -0.274 e. The first-order chi connectivity index (χ1) is 14.4. The Morgan fingerprint density at radius 3 is 2.53 bits per heavy atom. The molecule has 0 unspecified atom stereocenters. The number of nitrogens with zero attached hydrogens (tertiary/aromatic N) is 2. The number of benzene rings is 2. The van der Waals surface area contributed by atoms with Crippen LogP contribution in [0.4, 0.5) is 0 Å². The third kappa shape index (κ3) is 3.62. The van der Waals surface area contributed by atoms with Crippen molar-refractivity contribution in [3.8, 4) is 0 Å². The molecule has 4 rings (SSSR count). The van der Waals surface area contributed by atoms with Crippen LogP contribution in [-0.4, -0.2) is 40.1 Å². The number of amides is 4. The first kappa shape index (κ1) is 19.3. The molecule has 0 atom stereocenters. The fourth-order valence-electron chi connectivity index (χ4n) is 3.27. The van der Waals surface area contributed by atoms with Gasteiger partial charge in [-0.2, -0.15) is 0 Å². The van der Waals surface area contributed by atoms with E-state index in [9.17, 15) is 19.2 Å². The monoisotopic (exact) mass is 402 g/mol. The molecule has 8 heteroatoms. The highest BCUT2D eigenvalue weighted by molar-refractivity contribution is 6.21. The molecule has 0 saturated heterocycles. The molecular weight excluding hydrogens is 384 g/mol. The van der Waals surface area contributed by atoms with Crippen LogP contribution in [0.2, 0.25) is 0 Å². The Balaban J connectivity index is 1.32. The van der Waals surface area contributed by atoms with E-state index in [0.29, 0.717) is 16.6 Å². The van der Waals surface area contributed by atoms with Crippen LogP contribution in [0.15, 0.2) is 54.6 Å². The fraction of sp³-hybridized carbons (Fsp3) is 0.136. The van der Waals surface area contributed by atoms with Crippen LogP contribution in [0, 0.1) is 6.92 Å². The van der Waals surface area contributed by atoms with Gasteiger partial charge in [-0.05, 0) is 31.2 Å². The van der Waals surface area contributed by atoms with E-state index in [0.717, 1.165) is 15.8 Å². The molecule has 0 fully saturated rings. The molecule has 3 aromatic rings. The Labute approximate surface area is 171 Å². The summed E-state index contributed by atoms with van der Waals surface area (Å²) in [6.45, 7) is 1.75. The minimum atomic E-state index is -0.565. The largest absolute Gasteiger partial charge is 0.288 e. The van der Waals surface area contributed by atoms with Gasteiger partial charge in [0.25, 0.3) is 17.7 Å². The number of imide groups is 1. The number of hydrogen-bond donors (Lipinski definition) is 2. The molecule has 0 saturated carbocycles. The fourth-order valence-corrected chi connectivity index (χ4v) is 3.27. The van der Waals surface area contributed by atoms with Gasteiger partial charge in [-0.25, -0.2) is 4.98 Å². The quantitative estimate of drug-likeness (QED) is 0.513. The lowest BCUT2D eigenvalue weighted by Crippen LogP contribution is -2.43. The van der Waals surface area contributed by atoms with Gasteiger partial charge in [0.05, 0.1) is 16.6 Å². The van der Waals surface area contributed by atoms with Gasteiger partial charge in [0, 0.05) is 18.4 Å². The van der Waals surface area contributed by atoms with E-state index in [1.165, 1.54) is 0 Å². The standard InChI is InChI=1S/C22H18N4O4/c1-13-6-8-15-16(12-13)22(30)26(21(15)29)11-10-19(27)24-25-20(28)18-9-7-14-4-2-3-5-17(14)23-18/h2-9,12H,10-11H2,1H3,(H,24,27)(H,25,28). The molecule has 2 aromatic carbocycles. The average Bonchev–Trinajstić information content (AvgIpc) is 2.99. The Morgan fingerprint density at radius 2 is 1.70 bits per heavy atom. The molecule has 150 valence electrons. The molecule has 0 radical (unpaired) electrons. The molecule has 1 aromatic heterocycles. The summed E-state index contributed by atoms with van der Waals surface area (Å²) in [4.78, 5) is 54.4. The van der Waals surface area contributed by atoms with Crippen molar-refractivity contribution in [2.45, 2.75) is 13.3 Å². The topological polar surface area (TPSA) is 108 Å². The highest BCUT2D eigenvalue weighted by Gasteiger charge is 2.35. The van der Waals surface area contributed by atoms with Gasteiger partial charge in [-0.15, -0.1) is 0 Å². The summed E-state index contributed by atoms with van der Waals surface area (Å²) in [6, 6.07) is 15.7. The second-order valence-corrected chi connectivity index (χ2v) is 6.95. The zero-order valence-electron chi connectivity index (χ0n) is 16.1. The number of hydrazine groups is 1. The van der Waals surface area contributed by atoms with Crippen molar-refractivity contribution in [2.75, 3.05) is 6.54 Å². The summed E-state index contributed by atoms with van der Waals surface area (Å²) in [5.74, 6) is -1.94. The molecule has 2 heterocycles. The van der Waals surface area contributed by atoms with Crippen LogP contribution < -0.4 is 10.9 Å². The molecule has 0 bridgehead atoms. The van der Waals surface area contributed by atoms with E-state index in [-0.39, 0.29) is 18.7 Å². The van der Waals surface area contributed by atoms with Gasteiger partial charge < -0.3 is 0 Å². The van der Waals surface area contributed by atoms with Gasteiger partial charge in [-0.3, -0.25) is 34.9 Å². The molecule has 0 aliphatic carbocycles. The van der Waals surface area contributed by atoms with Crippen LogP contribution in [0.3, 0.4) is 0 Å². The summed E-state index contributed by atoms with van der Waals surface area (Å²) < 4.78 is 0. The van der Waals surface area contributed by atoms with E-state index in [1.807, 2.05) is 25.1 Å². The molecular formula is C22H18N4O4. The third-order valence-electron chi connectivity index (χ3n) is 4.84. The van der Waals surface area contributed by atoms with E-state index in [4.69, 9.17) is 0 Å². The summed E-state index contributed by atoms with van der Waals surface area (Å²) in [6.07, 6.45) is -0.143. The molecule has 4 amide bonds. The van der Waals surface area contributed by atoms with Crippen molar-refractivity contribution in [2.24, 2.45) is 0 Å². The van der Waals surface area contributed by atoms with Crippen molar-refractivity contribution in [3.63, 3.8) is 0 Å². The van der Waals surface area contributed by atoms with Crippen LogP contribution in [0.25, 0.3) is 10.9 Å². The van der Waals surface area contributed by atoms with Crippen molar-refractivity contribution >= 4 is 34.5 Å². The molecule has 8 nitrogen and oxygen atoms in total. The van der Waals surface area contributed by atoms with E-state index < -0.39 is 23.6 Å². The molecule has 1 aliphatic heterocycles. The van der Waals surface area contributed by atoms with Crippen molar-refractivity contribution in [1.29, 1.82) is 0 Å². The number of para-hydroxylation sites is 1. The smallest absolute Gasteiger partial charge is 0.274 e. The number of aromatic nitrogens is 1. The number of rotatable bonds is 4. The molecule has 0 spiro atoms. The Hall–Kier alpha value is -4.07. The maximum Gasteiger partial charge on any atom is 0.288 e. The lowest BCUT2D eigenvalue weighted by molar-refractivity contribution is -0.121. The average molecular weight is 402 g/mol. The van der Waals surface area contributed by atoms with Gasteiger partial charge in [0.1, 0.15) is 5.69 Å². The van der Waals surface area contributed by atoms with Crippen LogP contribution in [0.1, 0.15) is 43.2 Å². The number of carbonyl (C=O) groups excluding carboxylic acids is 4. The Morgan fingerprint density at radius 1 is 0.933 bits per heavy atom. The van der Waals surface area contributed by atoms with Crippen LogP contribution in [0.5, 0.6) is 0 Å². The van der Waals surface area contributed by atoms with Gasteiger partial charge in [0.15, 0.2) is 0 Å². The van der Waals surface area contributed by atoms with Crippen molar-refractivity contribution in [1.82, 2.24) is 20.7 Å². The first-order valence-corrected chi connectivity index (χ1v) is 9.36.